The van der Waals surface area contributed by atoms with Crippen LogP contribution in [0.5, 0.6) is 0 Å². The van der Waals surface area contributed by atoms with Crippen molar-refractivity contribution in [1.82, 2.24) is 0 Å². The predicted octanol–water partition coefficient (Wildman–Crippen LogP) is 4.41. The molecule has 0 bridgehead atoms. The van der Waals surface area contributed by atoms with Crippen molar-refractivity contribution >= 4 is 0 Å². The quantitative estimate of drug-likeness (QED) is 0.814. The van der Waals surface area contributed by atoms with Crippen LogP contribution in [0.25, 0.3) is 11.1 Å². The molecule has 1 atom stereocenters. The summed E-state index contributed by atoms with van der Waals surface area (Å²) >= 11 is 0. The summed E-state index contributed by atoms with van der Waals surface area (Å²) in [6.07, 6.45) is 3.48. The average Bonchev–Trinajstić information content (AvgIpc) is 2.70. The first-order valence-corrected chi connectivity index (χ1v) is 7.58. The van der Waals surface area contributed by atoms with Crippen LogP contribution < -0.4 is 5.73 Å². The lowest BCUT2D eigenvalue weighted by Crippen LogP contribution is -2.21. The third-order valence-corrected chi connectivity index (χ3v) is 4.71. The van der Waals surface area contributed by atoms with Crippen LogP contribution in [0.2, 0.25) is 0 Å². The highest BCUT2D eigenvalue weighted by Gasteiger charge is 2.38. The Morgan fingerprint density at radius 2 is 1.70 bits per heavy atom. The van der Waals surface area contributed by atoms with Gasteiger partial charge in [-0.3, -0.25) is 0 Å². The maximum absolute atomic E-state index is 5.67. The van der Waals surface area contributed by atoms with E-state index in [1.807, 2.05) is 0 Å². The molecule has 0 saturated heterocycles. The molecule has 1 unspecified atom stereocenters. The Hall–Kier alpha value is -1.60. The zero-order valence-electron chi connectivity index (χ0n) is 12.4. The summed E-state index contributed by atoms with van der Waals surface area (Å²) in [7, 11) is 0. The molecule has 0 heterocycles. The average molecular weight is 265 g/mol. The first-order chi connectivity index (χ1) is 9.66. The first-order valence-electron chi connectivity index (χ1n) is 7.58. The first kappa shape index (κ1) is 13.4. The Bertz CT molecular complexity index is 629. The SMILES string of the molecule is Cc1ccc2c(c1)C(C)(CCCCN)c1ccccc1-2. The fraction of sp³-hybridized carbons (Fsp3) is 0.368. The number of hydrogen-bond donors (Lipinski definition) is 1. The number of benzene rings is 2. The van der Waals surface area contributed by atoms with Crippen molar-refractivity contribution in [3.63, 3.8) is 0 Å². The van der Waals surface area contributed by atoms with Gasteiger partial charge in [-0.25, -0.2) is 0 Å². The van der Waals surface area contributed by atoms with Crippen LogP contribution >= 0.6 is 0 Å². The molecule has 2 aromatic carbocycles. The van der Waals surface area contributed by atoms with Gasteiger partial charge in [-0.05, 0) is 48.6 Å². The lowest BCUT2D eigenvalue weighted by atomic mass is 9.76. The molecule has 0 aliphatic heterocycles. The highest BCUT2D eigenvalue weighted by Crippen LogP contribution is 2.51. The second-order valence-electron chi connectivity index (χ2n) is 6.17. The number of nitrogens with two attached hydrogens (primary N) is 1. The van der Waals surface area contributed by atoms with Gasteiger partial charge < -0.3 is 5.73 Å². The Morgan fingerprint density at radius 3 is 2.50 bits per heavy atom. The summed E-state index contributed by atoms with van der Waals surface area (Å²) in [6, 6.07) is 15.8. The van der Waals surface area contributed by atoms with E-state index in [0.717, 1.165) is 13.0 Å². The van der Waals surface area contributed by atoms with Gasteiger partial charge in [0.15, 0.2) is 0 Å². The van der Waals surface area contributed by atoms with E-state index in [0.29, 0.717) is 0 Å². The highest BCUT2D eigenvalue weighted by molar-refractivity contribution is 5.81. The predicted molar refractivity (Wildman–Crippen MR) is 86.0 cm³/mol. The molecule has 1 heteroatoms. The largest absolute Gasteiger partial charge is 0.330 e. The molecule has 0 radical (unpaired) electrons. The van der Waals surface area contributed by atoms with E-state index in [1.54, 1.807) is 0 Å². The van der Waals surface area contributed by atoms with Crippen LogP contribution in [0.15, 0.2) is 42.5 Å². The van der Waals surface area contributed by atoms with Crippen LogP contribution in [0.1, 0.15) is 42.9 Å². The standard InChI is InChI=1S/C19H23N/c1-14-9-10-16-15-7-3-4-8-17(15)19(2,18(16)13-14)11-5-6-12-20/h3-4,7-10,13H,5-6,11-12,20H2,1-2H3. The molecule has 1 aliphatic carbocycles. The molecule has 0 spiro atoms. The number of aryl methyl sites for hydroxylation is 1. The maximum atomic E-state index is 5.67. The molecule has 1 nitrogen and oxygen atoms in total. The van der Waals surface area contributed by atoms with Crippen molar-refractivity contribution in [2.24, 2.45) is 5.73 Å². The van der Waals surface area contributed by atoms with Crippen LogP contribution in [0.3, 0.4) is 0 Å². The summed E-state index contributed by atoms with van der Waals surface area (Å²) in [4.78, 5) is 0. The van der Waals surface area contributed by atoms with Gasteiger partial charge in [0.05, 0.1) is 0 Å². The number of hydrogen-bond acceptors (Lipinski definition) is 1. The van der Waals surface area contributed by atoms with E-state index >= 15 is 0 Å². The number of rotatable bonds is 4. The van der Waals surface area contributed by atoms with Gasteiger partial charge in [-0.1, -0.05) is 61.4 Å². The normalized spacial score (nSPS) is 19.8. The van der Waals surface area contributed by atoms with Gasteiger partial charge in [0.25, 0.3) is 0 Å². The Labute approximate surface area is 121 Å². The van der Waals surface area contributed by atoms with Gasteiger partial charge in [-0.15, -0.1) is 0 Å². The molecular weight excluding hydrogens is 242 g/mol. The summed E-state index contributed by atoms with van der Waals surface area (Å²) in [5, 5.41) is 0. The van der Waals surface area contributed by atoms with Crippen molar-refractivity contribution in [1.29, 1.82) is 0 Å². The zero-order valence-corrected chi connectivity index (χ0v) is 12.4. The zero-order chi connectivity index (χ0) is 14.2. The van der Waals surface area contributed by atoms with Crippen molar-refractivity contribution in [2.75, 3.05) is 6.54 Å². The van der Waals surface area contributed by atoms with Gasteiger partial charge in [0.2, 0.25) is 0 Å². The monoisotopic (exact) mass is 265 g/mol. The van der Waals surface area contributed by atoms with Crippen LogP contribution in [-0.2, 0) is 5.41 Å². The Balaban J connectivity index is 2.12. The number of fused-ring (bicyclic) bond motifs is 3. The highest BCUT2D eigenvalue weighted by atomic mass is 14.5. The minimum absolute atomic E-state index is 0.146. The fourth-order valence-electron chi connectivity index (χ4n) is 3.59. The van der Waals surface area contributed by atoms with Crippen molar-refractivity contribution < 1.29 is 0 Å². The van der Waals surface area contributed by atoms with Crippen molar-refractivity contribution in [3.8, 4) is 11.1 Å². The molecule has 1 aliphatic rings. The second-order valence-corrected chi connectivity index (χ2v) is 6.17. The third kappa shape index (κ3) is 1.97. The molecule has 0 saturated carbocycles. The van der Waals surface area contributed by atoms with E-state index in [9.17, 15) is 0 Å². The molecule has 20 heavy (non-hydrogen) atoms. The van der Waals surface area contributed by atoms with Crippen LogP contribution in [0.4, 0.5) is 0 Å². The van der Waals surface area contributed by atoms with Gasteiger partial charge in [0, 0.05) is 5.41 Å². The van der Waals surface area contributed by atoms with E-state index in [-0.39, 0.29) is 5.41 Å². The Morgan fingerprint density at radius 1 is 0.950 bits per heavy atom. The summed E-state index contributed by atoms with van der Waals surface area (Å²) in [5.74, 6) is 0. The van der Waals surface area contributed by atoms with Gasteiger partial charge >= 0.3 is 0 Å². The number of unbranched alkanes of at least 4 members (excludes halogenated alkanes) is 1. The smallest absolute Gasteiger partial charge is 0.0187 e. The fourth-order valence-corrected chi connectivity index (χ4v) is 3.59. The van der Waals surface area contributed by atoms with E-state index in [4.69, 9.17) is 5.73 Å². The van der Waals surface area contributed by atoms with Gasteiger partial charge in [-0.2, -0.15) is 0 Å². The topological polar surface area (TPSA) is 26.0 Å². The van der Waals surface area contributed by atoms with E-state index < -0.39 is 0 Å². The second kappa shape index (κ2) is 5.06. The maximum Gasteiger partial charge on any atom is 0.0187 e. The van der Waals surface area contributed by atoms with E-state index in [2.05, 4.69) is 56.3 Å². The van der Waals surface area contributed by atoms with E-state index in [1.165, 1.54) is 40.7 Å². The van der Waals surface area contributed by atoms with Crippen molar-refractivity contribution in [2.45, 2.75) is 38.5 Å². The molecule has 104 valence electrons. The minimum Gasteiger partial charge on any atom is -0.330 e. The lowest BCUT2D eigenvalue weighted by Gasteiger charge is -2.27. The summed E-state index contributed by atoms with van der Waals surface area (Å²) in [5.41, 5.74) is 13.0. The van der Waals surface area contributed by atoms with Crippen LogP contribution in [0, 0.1) is 6.92 Å². The molecular formula is C19H23N. The Kier molecular flexibility index (Phi) is 3.39. The molecule has 0 fully saturated rings. The molecule has 0 aromatic heterocycles. The molecule has 2 N–H and O–H groups in total. The molecule has 2 aromatic rings. The summed E-state index contributed by atoms with van der Waals surface area (Å²) < 4.78 is 0. The van der Waals surface area contributed by atoms with Gasteiger partial charge in [0.1, 0.15) is 0 Å². The minimum atomic E-state index is 0.146. The molecule has 3 rings (SSSR count). The third-order valence-electron chi connectivity index (χ3n) is 4.71. The lowest BCUT2D eigenvalue weighted by molar-refractivity contribution is 0.498. The summed E-state index contributed by atoms with van der Waals surface area (Å²) in [6.45, 7) is 5.37. The molecule has 0 amide bonds. The van der Waals surface area contributed by atoms with Crippen LogP contribution in [-0.4, -0.2) is 6.54 Å². The van der Waals surface area contributed by atoms with Crippen molar-refractivity contribution in [3.05, 3.63) is 59.2 Å².